The quantitative estimate of drug-likeness (QED) is 0.350. The van der Waals surface area contributed by atoms with Crippen LogP contribution in [0.4, 0.5) is 5.69 Å². The Morgan fingerprint density at radius 1 is 1.18 bits per heavy atom. The van der Waals surface area contributed by atoms with Crippen LogP contribution in [-0.4, -0.2) is 50.4 Å². The van der Waals surface area contributed by atoms with E-state index in [-0.39, 0.29) is 17.4 Å². The summed E-state index contributed by atoms with van der Waals surface area (Å²) < 4.78 is 11.2. The normalized spacial score (nSPS) is 13.4. The summed E-state index contributed by atoms with van der Waals surface area (Å²) in [6.07, 6.45) is 5.86. The van der Waals surface area contributed by atoms with Crippen LogP contribution in [0.15, 0.2) is 36.7 Å². The number of benzene rings is 1. The van der Waals surface area contributed by atoms with Gasteiger partial charge in [-0.2, -0.15) is 10.1 Å². The van der Waals surface area contributed by atoms with E-state index in [0.29, 0.717) is 36.3 Å². The lowest BCUT2D eigenvalue weighted by Crippen LogP contribution is -2.17. The third kappa shape index (κ3) is 4.20. The Morgan fingerprint density at radius 2 is 2.03 bits per heavy atom. The molecule has 1 fully saturated rings. The molecular formula is C23H23N7O3. The molecule has 168 valence electrons. The highest BCUT2D eigenvalue weighted by atomic mass is 16.5. The number of hydrogen-bond donors (Lipinski definition) is 3. The third-order valence-corrected chi connectivity index (χ3v) is 5.48. The molecule has 0 radical (unpaired) electrons. The fraction of sp³-hybridized carbons (Fsp3) is 0.261. The van der Waals surface area contributed by atoms with Crippen LogP contribution in [-0.2, 0) is 4.74 Å². The van der Waals surface area contributed by atoms with Crippen molar-refractivity contribution in [1.82, 2.24) is 25.1 Å². The van der Waals surface area contributed by atoms with Crippen LogP contribution in [0.2, 0.25) is 0 Å². The largest absolute Gasteiger partial charge is 0.461 e. The van der Waals surface area contributed by atoms with Gasteiger partial charge in [-0.25, -0.2) is 9.97 Å². The van der Waals surface area contributed by atoms with Gasteiger partial charge in [-0.3, -0.25) is 9.89 Å². The van der Waals surface area contributed by atoms with Crippen molar-refractivity contribution in [2.24, 2.45) is 5.73 Å². The van der Waals surface area contributed by atoms with Gasteiger partial charge >= 0.3 is 6.01 Å². The van der Waals surface area contributed by atoms with Crippen molar-refractivity contribution in [3.05, 3.63) is 47.9 Å². The molecule has 10 nitrogen and oxygen atoms in total. The second kappa shape index (κ2) is 8.47. The van der Waals surface area contributed by atoms with Crippen LogP contribution >= 0.6 is 0 Å². The number of carbonyl (C=O) groups excluding carboxylic acids is 1. The molecule has 0 aliphatic heterocycles. The number of ether oxygens (including phenoxy) is 2. The van der Waals surface area contributed by atoms with Crippen molar-refractivity contribution in [3.63, 3.8) is 0 Å². The third-order valence-electron chi connectivity index (χ3n) is 5.48. The SMILES string of the molecule is Cc1ccc2[nH]ncc2c1-c1cc(-c2ccnc(OCCOC3CC3)n2)nc(C(N)=O)c1N. The molecule has 1 aliphatic carbocycles. The number of nitrogen functional groups attached to an aromatic ring is 1. The van der Waals surface area contributed by atoms with Crippen molar-refractivity contribution < 1.29 is 14.3 Å². The molecule has 4 aromatic rings. The number of fused-ring (bicyclic) bond motifs is 1. The second-order valence-electron chi connectivity index (χ2n) is 7.91. The average Bonchev–Trinajstić information content (AvgIpc) is 3.51. The topological polar surface area (TPSA) is 155 Å². The number of rotatable bonds is 8. The molecule has 0 atom stereocenters. The maximum atomic E-state index is 12.2. The maximum absolute atomic E-state index is 12.2. The number of nitrogens with one attached hydrogen (secondary N) is 1. The molecule has 1 saturated carbocycles. The zero-order chi connectivity index (χ0) is 22.9. The molecule has 0 saturated heterocycles. The van der Waals surface area contributed by atoms with Gasteiger partial charge in [0.25, 0.3) is 5.91 Å². The lowest BCUT2D eigenvalue weighted by molar-refractivity contribution is 0.0851. The predicted molar refractivity (Wildman–Crippen MR) is 122 cm³/mol. The minimum Gasteiger partial charge on any atom is -0.461 e. The second-order valence-corrected chi connectivity index (χ2v) is 7.91. The monoisotopic (exact) mass is 445 g/mol. The number of hydrogen-bond acceptors (Lipinski definition) is 8. The Kier molecular flexibility index (Phi) is 5.35. The Labute approximate surface area is 189 Å². The van der Waals surface area contributed by atoms with E-state index in [2.05, 4.69) is 25.1 Å². The zero-order valence-corrected chi connectivity index (χ0v) is 18.0. The molecule has 1 amide bonds. The lowest BCUT2D eigenvalue weighted by Gasteiger charge is -2.15. The van der Waals surface area contributed by atoms with Crippen LogP contribution in [0, 0.1) is 6.92 Å². The number of anilines is 1. The number of pyridine rings is 1. The van der Waals surface area contributed by atoms with Gasteiger partial charge in [0.15, 0.2) is 5.69 Å². The van der Waals surface area contributed by atoms with E-state index < -0.39 is 5.91 Å². The van der Waals surface area contributed by atoms with Crippen molar-refractivity contribution >= 4 is 22.5 Å². The van der Waals surface area contributed by atoms with Crippen LogP contribution in [0.3, 0.4) is 0 Å². The Hall–Kier alpha value is -4.05. The first-order valence-electron chi connectivity index (χ1n) is 10.6. The van der Waals surface area contributed by atoms with E-state index in [4.69, 9.17) is 20.9 Å². The van der Waals surface area contributed by atoms with Crippen LogP contribution in [0.1, 0.15) is 28.9 Å². The Balaban J connectivity index is 1.55. The van der Waals surface area contributed by atoms with Gasteiger partial charge in [0.05, 0.1) is 41.5 Å². The summed E-state index contributed by atoms with van der Waals surface area (Å²) in [6, 6.07) is 7.57. The summed E-state index contributed by atoms with van der Waals surface area (Å²) in [4.78, 5) is 25.2. The van der Waals surface area contributed by atoms with E-state index in [0.717, 1.165) is 34.9 Å². The van der Waals surface area contributed by atoms with Crippen LogP contribution in [0.5, 0.6) is 6.01 Å². The number of aromatic amines is 1. The summed E-state index contributed by atoms with van der Waals surface area (Å²) in [5.41, 5.74) is 16.3. The standard InChI is InChI=1S/C23H23N7O3/c1-12-2-5-16-15(11-27-30-16)19(12)14-10-18(28-21(20(14)24)22(25)31)17-6-7-26-23(29-17)33-9-8-32-13-3-4-13/h2,5-7,10-11,13H,3-4,8-9,24H2,1H3,(H2,25,31)(H,27,30). The smallest absolute Gasteiger partial charge is 0.317 e. The van der Waals surface area contributed by atoms with E-state index in [1.54, 1.807) is 24.5 Å². The highest BCUT2D eigenvalue weighted by molar-refractivity contribution is 6.05. The van der Waals surface area contributed by atoms with Gasteiger partial charge in [0.1, 0.15) is 6.61 Å². The summed E-state index contributed by atoms with van der Waals surface area (Å²) in [5, 5.41) is 7.97. The summed E-state index contributed by atoms with van der Waals surface area (Å²) in [7, 11) is 0. The van der Waals surface area contributed by atoms with Gasteiger partial charge in [-0.15, -0.1) is 0 Å². The predicted octanol–water partition coefficient (Wildman–Crippen LogP) is 2.63. The van der Waals surface area contributed by atoms with Gasteiger partial charge in [0.2, 0.25) is 0 Å². The van der Waals surface area contributed by atoms with Crippen molar-refractivity contribution in [2.45, 2.75) is 25.9 Å². The van der Waals surface area contributed by atoms with Crippen LogP contribution < -0.4 is 16.2 Å². The zero-order valence-electron chi connectivity index (χ0n) is 18.0. The minimum atomic E-state index is -0.727. The highest BCUT2D eigenvalue weighted by Gasteiger charge is 2.22. The number of H-pyrrole nitrogens is 1. The van der Waals surface area contributed by atoms with Crippen molar-refractivity contribution in [2.75, 3.05) is 18.9 Å². The molecule has 1 aromatic carbocycles. The molecule has 5 rings (SSSR count). The fourth-order valence-electron chi connectivity index (χ4n) is 3.70. The minimum absolute atomic E-state index is 0.0266. The fourth-order valence-corrected chi connectivity index (χ4v) is 3.70. The molecular weight excluding hydrogens is 422 g/mol. The Morgan fingerprint density at radius 3 is 2.82 bits per heavy atom. The first-order chi connectivity index (χ1) is 16.0. The number of aryl methyl sites for hydroxylation is 1. The molecule has 3 heterocycles. The van der Waals surface area contributed by atoms with Gasteiger partial charge in [-0.05, 0) is 49.1 Å². The molecule has 33 heavy (non-hydrogen) atoms. The molecule has 5 N–H and O–H groups in total. The number of primary amides is 1. The number of nitrogens with zero attached hydrogens (tertiary/aromatic N) is 4. The first-order valence-corrected chi connectivity index (χ1v) is 10.6. The van der Waals surface area contributed by atoms with Crippen LogP contribution in [0.25, 0.3) is 33.4 Å². The Bertz CT molecular complexity index is 1350. The molecule has 0 unspecified atom stereocenters. The maximum Gasteiger partial charge on any atom is 0.317 e. The first kappa shape index (κ1) is 20.8. The van der Waals surface area contributed by atoms with Gasteiger partial charge < -0.3 is 20.9 Å². The summed E-state index contributed by atoms with van der Waals surface area (Å²) in [5.74, 6) is -0.727. The molecule has 0 spiro atoms. The summed E-state index contributed by atoms with van der Waals surface area (Å²) in [6.45, 7) is 2.78. The molecule has 3 aromatic heterocycles. The molecule has 10 heteroatoms. The van der Waals surface area contributed by atoms with E-state index in [1.165, 1.54) is 0 Å². The molecule has 1 aliphatic rings. The van der Waals surface area contributed by atoms with E-state index in [1.807, 2.05) is 19.1 Å². The van der Waals surface area contributed by atoms with Crippen molar-refractivity contribution in [1.29, 1.82) is 0 Å². The van der Waals surface area contributed by atoms with E-state index in [9.17, 15) is 4.79 Å². The number of aromatic nitrogens is 5. The number of amides is 1. The van der Waals surface area contributed by atoms with Crippen molar-refractivity contribution in [3.8, 4) is 28.5 Å². The molecule has 0 bridgehead atoms. The number of nitrogens with two attached hydrogens (primary N) is 2. The number of carbonyl (C=O) groups is 1. The average molecular weight is 445 g/mol. The van der Waals surface area contributed by atoms with E-state index >= 15 is 0 Å². The highest BCUT2D eigenvalue weighted by Crippen LogP contribution is 2.37. The lowest BCUT2D eigenvalue weighted by atomic mass is 9.94. The van der Waals surface area contributed by atoms with Gasteiger partial charge in [0, 0.05) is 17.1 Å². The summed E-state index contributed by atoms with van der Waals surface area (Å²) >= 11 is 0. The van der Waals surface area contributed by atoms with Gasteiger partial charge in [-0.1, -0.05) is 6.07 Å².